The topological polar surface area (TPSA) is 46.2 Å². The monoisotopic (exact) mass is 1250 g/mol. The second-order valence-electron chi connectivity index (χ2n) is 2.28. The molecule has 0 fully saturated rings. The molecule has 0 spiro atoms. The number of hydrogen-bond acceptors (Lipinski definition) is 5. The van der Waals surface area contributed by atoms with E-state index in [1.807, 2.05) is 34.6 Å². The van der Waals surface area contributed by atoms with E-state index in [-0.39, 0.29) is 0 Å². The van der Waals surface area contributed by atoms with E-state index >= 15 is 0 Å². The van der Waals surface area contributed by atoms with Gasteiger partial charge in [-0.15, -0.1) is 0 Å². The van der Waals surface area contributed by atoms with Crippen LogP contribution in [-0.2, 0) is 13.4 Å². The van der Waals surface area contributed by atoms with Gasteiger partial charge in [0, 0.05) is 0 Å². The Morgan fingerprint density at radius 1 is 0.400 bits per heavy atom. The quantitative estimate of drug-likeness (QED) is 0.377. The fraction of sp³-hybridized carbons (Fsp3) is 1.00. The van der Waals surface area contributed by atoms with Gasteiger partial charge in [0.1, 0.15) is 0 Å². The Morgan fingerprint density at radius 3 is 0.450 bits per heavy atom. The maximum absolute atomic E-state index is 4.71. The van der Waals surface area contributed by atoms with Gasteiger partial charge in [0.15, 0.2) is 0 Å². The summed E-state index contributed by atoms with van der Waals surface area (Å²) in [5.41, 5.74) is 0. The first-order valence-electron chi connectivity index (χ1n) is 6.16. The minimum absolute atomic E-state index is 0.731. The van der Waals surface area contributed by atoms with Crippen LogP contribution in [0.1, 0.15) is 34.6 Å². The van der Waals surface area contributed by atoms with Crippen LogP contribution in [-0.4, -0.2) is 164 Å². The van der Waals surface area contributed by atoms with E-state index in [4.69, 9.17) is 13.4 Å². The maximum atomic E-state index is 4.71. The molecule has 0 amide bonds. The Labute approximate surface area is 208 Å². The summed E-state index contributed by atoms with van der Waals surface area (Å²) in [5.74, 6) is 0. The molecule has 0 aliphatic rings. The Bertz CT molecular complexity index is 63.2. The van der Waals surface area contributed by atoms with Crippen LogP contribution < -0.4 is 0 Å². The molecule has 0 radical (unpaired) electrons. The van der Waals surface area contributed by atoms with Crippen molar-refractivity contribution in [2.45, 2.75) is 34.6 Å². The molecule has 0 aromatic carbocycles. The van der Waals surface area contributed by atoms with Crippen LogP contribution in [0.15, 0.2) is 0 Å². The molecule has 0 saturated heterocycles. The zero-order valence-electron chi connectivity index (χ0n) is 13.5. The molecule has 0 aliphatic heterocycles. The van der Waals surface area contributed by atoms with Crippen molar-refractivity contribution in [2.75, 3.05) is 33.0 Å². The van der Waals surface area contributed by atoms with E-state index in [0.29, 0.717) is 0 Å². The first kappa shape index (κ1) is 35.5. The van der Waals surface area contributed by atoms with Crippen molar-refractivity contribution >= 4 is 131 Å². The van der Waals surface area contributed by atoms with Gasteiger partial charge in [0.2, 0.25) is 0 Å². The second kappa shape index (κ2) is 56.6. The van der Waals surface area contributed by atoms with Crippen molar-refractivity contribution in [3.63, 3.8) is 0 Å². The summed E-state index contributed by atoms with van der Waals surface area (Å²) >= 11 is 3.66. The Kier molecular flexibility index (Phi) is 101. The zero-order valence-corrected chi connectivity index (χ0v) is 35.9. The van der Waals surface area contributed by atoms with E-state index < -0.39 is 0 Å². The third-order valence-electron chi connectivity index (χ3n) is 0.833. The summed E-state index contributed by atoms with van der Waals surface area (Å²) in [6.07, 6.45) is 0. The molecule has 0 atom stereocenters. The van der Waals surface area contributed by atoms with Gasteiger partial charge in [-0.3, -0.25) is 0 Å². The third kappa shape index (κ3) is 116. The molecule has 0 aliphatic carbocycles. The van der Waals surface area contributed by atoms with Gasteiger partial charge in [0.25, 0.3) is 0 Å². The molecule has 10 heteroatoms. The molecular formula is C10H25O5Tl5. The van der Waals surface area contributed by atoms with Gasteiger partial charge < -0.3 is 0 Å². The Morgan fingerprint density at radius 2 is 0.450 bits per heavy atom. The molecule has 0 saturated carbocycles. The van der Waals surface area contributed by atoms with Crippen LogP contribution in [0.4, 0.5) is 0 Å². The fourth-order valence-electron chi connectivity index (χ4n) is 0. The van der Waals surface area contributed by atoms with Gasteiger partial charge in [-0.1, -0.05) is 0 Å². The number of rotatable bonds is 5. The third-order valence-corrected chi connectivity index (χ3v) is 7.31. The van der Waals surface area contributed by atoms with Crippen molar-refractivity contribution < 1.29 is 13.4 Å². The molecule has 0 aromatic heterocycles. The normalized spacial score (nSPS) is 7.00. The Balaban J connectivity index is -0.0000000469. The average molecular weight is 1250 g/mol. The van der Waals surface area contributed by atoms with Gasteiger partial charge >= 0.3 is 212 Å². The molecule has 5 nitrogen and oxygen atoms in total. The van der Waals surface area contributed by atoms with Crippen LogP contribution in [0, 0.1) is 0 Å². The van der Waals surface area contributed by atoms with E-state index in [1.165, 1.54) is 0 Å². The molecule has 0 aromatic rings. The van der Waals surface area contributed by atoms with Crippen molar-refractivity contribution in [3.05, 3.63) is 0 Å². The van der Waals surface area contributed by atoms with Crippen molar-refractivity contribution in [2.24, 2.45) is 0 Å². The summed E-state index contributed by atoms with van der Waals surface area (Å²) in [7, 11) is 0. The van der Waals surface area contributed by atoms with Crippen LogP contribution in [0.3, 0.4) is 0 Å². The van der Waals surface area contributed by atoms with E-state index in [2.05, 4.69) is 0 Å². The van der Waals surface area contributed by atoms with Gasteiger partial charge in [-0.05, 0) is 0 Å². The number of hydrogen-bond donors (Lipinski definition) is 0. The molecule has 0 unspecified atom stereocenters. The first-order chi connectivity index (χ1) is 9.57. The van der Waals surface area contributed by atoms with Gasteiger partial charge in [-0.25, -0.2) is 0 Å². The molecule has 0 heterocycles. The van der Waals surface area contributed by atoms with Crippen LogP contribution >= 0.6 is 0 Å². The average Bonchev–Trinajstić information content (AvgIpc) is 2.55. The summed E-state index contributed by atoms with van der Waals surface area (Å²) in [4.78, 5) is 0. The summed E-state index contributed by atoms with van der Waals surface area (Å²) in [5, 5.41) is 0. The first-order valence-corrected chi connectivity index (χ1v) is 15.3. The molecular weight excluding hydrogens is 1220 g/mol. The molecule has 20 heavy (non-hydrogen) atoms. The summed E-state index contributed by atoms with van der Waals surface area (Å²) < 4.78 is 23.5. The van der Waals surface area contributed by atoms with E-state index in [1.54, 1.807) is 0 Å². The molecule has 0 N–H and O–H groups in total. The van der Waals surface area contributed by atoms with E-state index in [9.17, 15) is 0 Å². The van der Waals surface area contributed by atoms with Crippen molar-refractivity contribution in [3.8, 4) is 0 Å². The molecule has 0 bridgehead atoms. The summed E-state index contributed by atoms with van der Waals surface area (Å²) in [6, 6.07) is 0. The SMILES string of the molecule is CC[O][Tl].CC[O][Tl].CC[O][Tl].CC[O][Tl].CC[O][Tl]. The fourth-order valence-corrected chi connectivity index (χ4v) is 0. The second-order valence-corrected chi connectivity index (χ2v) is 8.76. The molecule has 110 valence electrons. The van der Waals surface area contributed by atoms with Crippen LogP contribution in [0.25, 0.3) is 0 Å². The van der Waals surface area contributed by atoms with Crippen molar-refractivity contribution in [1.82, 2.24) is 0 Å². The Hall–Kier alpha value is 4.41. The minimum atomic E-state index is 0.731. The van der Waals surface area contributed by atoms with E-state index in [0.717, 1.165) is 164 Å². The van der Waals surface area contributed by atoms with Gasteiger partial charge in [-0.2, -0.15) is 0 Å². The zero-order chi connectivity index (χ0) is 17.1. The standard InChI is InChI=1S/5C2H5O.5Tl/c5*1-2-3;;;;;/h5*2H2,1H3;;;;;/q5*-1;5*+1. The van der Waals surface area contributed by atoms with Crippen LogP contribution in [0.5, 0.6) is 0 Å². The van der Waals surface area contributed by atoms with Gasteiger partial charge in [0.05, 0.1) is 0 Å². The predicted octanol–water partition coefficient (Wildman–Crippen LogP) is 0.532. The summed E-state index contributed by atoms with van der Waals surface area (Å²) in [6.45, 7) is 14.5. The van der Waals surface area contributed by atoms with Crippen molar-refractivity contribution in [1.29, 1.82) is 0 Å². The predicted molar refractivity (Wildman–Crippen MR) is 86.9 cm³/mol. The van der Waals surface area contributed by atoms with Crippen LogP contribution in [0.2, 0.25) is 0 Å². The molecule has 0 rings (SSSR count).